The number of benzene rings is 1. The fourth-order valence-electron chi connectivity index (χ4n) is 2.89. The van der Waals surface area contributed by atoms with Gasteiger partial charge in [0.1, 0.15) is 5.69 Å². The topological polar surface area (TPSA) is 68.1 Å². The summed E-state index contributed by atoms with van der Waals surface area (Å²) in [5, 5.41) is 14.6. The number of anilines is 1. The van der Waals surface area contributed by atoms with Gasteiger partial charge < -0.3 is 5.32 Å². The summed E-state index contributed by atoms with van der Waals surface area (Å²) in [5.74, 6) is 0.634. The summed E-state index contributed by atoms with van der Waals surface area (Å²) < 4.78 is 0.861. The van der Waals surface area contributed by atoms with Gasteiger partial charge in [-0.3, -0.25) is 10.1 Å². The van der Waals surface area contributed by atoms with E-state index in [1.807, 2.05) is 12.1 Å². The fraction of sp³-hybridized carbons (Fsp3) is 0.500. The first kappa shape index (κ1) is 13.3. The summed E-state index contributed by atoms with van der Waals surface area (Å²) >= 11 is 1.43. The monoisotopic (exact) mass is 291 g/mol. The molecule has 0 spiro atoms. The molecule has 1 aromatic carbocycles. The molecular weight excluding hydrogens is 274 g/mol. The van der Waals surface area contributed by atoms with Crippen molar-refractivity contribution in [2.75, 3.05) is 11.9 Å². The van der Waals surface area contributed by atoms with E-state index >= 15 is 0 Å². The zero-order valence-electron chi connectivity index (χ0n) is 11.2. The number of hydrogen-bond acceptors (Lipinski definition) is 5. The molecule has 0 atom stereocenters. The van der Waals surface area contributed by atoms with Crippen LogP contribution in [0.4, 0.5) is 11.4 Å². The van der Waals surface area contributed by atoms with Crippen molar-refractivity contribution in [2.45, 2.75) is 32.1 Å². The molecule has 5 nitrogen and oxygen atoms in total. The lowest BCUT2D eigenvalue weighted by molar-refractivity contribution is -0.382. The van der Waals surface area contributed by atoms with Gasteiger partial charge in [0.2, 0.25) is 0 Å². The average molecular weight is 291 g/mol. The lowest BCUT2D eigenvalue weighted by Crippen LogP contribution is -2.17. The Morgan fingerprint density at radius 3 is 2.90 bits per heavy atom. The zero-order valence-corrected chi connectivity index (χ0v) is 12.0. The third-order valence-corrected chi connectivity index (χ3v) is 4.76. The Kier molecular flexibility index (Phi) is 3.82. The third kappa shape index (κ3) is 2.60. The second-order valence-electron chi connectivity index (χ2n) is 5.30. The molecule has 1 aliphatic carbocycles. The smallest absolute Gasteiger partial charge is 0.319 e. The summed E-state index contributed by atoms with van der Waals surface area (Å²) in [6.07, 6.45) is 6.32. The van der Waals surface area contributed by atoms with Crippen LogP contribution in [0, 0.1) is 16.0 Å². The van der Waals surface area contributed by atoms with Crippen molar-refractivity contribution in [2.24, 2.45) is 5.92 Å². The largest absolute Gasteiger partial charge is 0.379 e. The lowest BCUT2D eigenvalue weighted by atomic mass is 9.89. The van der Waals surface area contributed by atoms with Crippen molar-refractivity contribution in [1.29, 1.82) is 0 Å². The Morgan fingerprint density at radius 2 is 2.15 bits per heavy atom. The van der Waals surface area contributed by atoms with Crippen LogP contribution in [0.5, 0.6) is 0 Å². The lowest BCUT2D eigenvalue weighted by Gasteiger charge is -2.22. The first-order valence-electron chi connectivity index (χ1n) is 7.00. The molecule has 1 N–H and O–H groups in total. The molecule has 1 aliphatic rings. The number of nitro groups is 1. The number of rotatable bonds is 4. The van der Waals surface area contributed by atoms with Crippen molar-refractivity contribution in [3.8, 4) is 0 Å². The van der Waals surface area contributed by atoms with E-state index in [9.17, 15) is 10.1 Å². The quantitative estimate of drug-likeness (QED) is 0.677. The van der Waals surface area contributed by atoms with Crippen molar-refractivity contribution in [3.63, 3.8) is 0 Å². The minimum Gasteiger partial charge on any atom is -0.379 e. The van der Waals surface area contributed by atoms with Crippen molar-refractivity contribution >= 4 is 32.9 Å². The van der Waals surface area contributed by atoms with Gasteiger partial charge in [0.25, 0.3) is 0 Å². The Morgan fingerprint density at radius 1 is 1.35 bits per heavy atom. The normalized spacial score (nSPS) is 16.4. The van der Waals surface area contributed by atoms with Crippen LogP contribution in [-0.2, 0) is 0 Å². The molecular formula is C14H17N3O2S. The summed E-state index contributed by atoms with van der Waals surface area (Å²) in [7, 11) is 0. The second-order valence-corrected chi connectivity index (χ2v) is 6.19. The molecule has 1 aromatic heterocycles. The number of hydrogen-bond donors (Lipinski definition) is 1. The van der Waals surface area contributed by atoms with Gasteiger partial charge in [-0.15, -0.1) is 11.3 Å². The van der Waals surface area contributed by atoms with E-state index in [0.29, 0.717) is 17.1 Å². The highest BCUT2D eigenvalue weighted by atomic mass is 32.1. The van der Waals surface area contributed by atoms with Gasteiger partial charge in [-0.25, -0.2) is 4.98 Å². The van der Waals surface area contributed by atoms with E-state index < -0.39 is 0 Å². The minimum absolute atomic E-state index is 0.111. The summed E-state index contributed by atoms with van der Waals surface area (Å²) in [5.41, 5.74) is 2.86. The Bertz CT molecular complexity index is 620. The van der Waals surface area contributed by atoms with E-state index in [1.165, 1.54) is 43.4 Å². The third-order valence-electron chi connectivity index (χ3n) is 3.96. The maximum atomic E-state index is 11.3. The van der Waals surface area contributed by atoms with Crippen molar-refractivity contribution in [3.05, 3.63) is 27.8 Å². The van der Waals surface area contributed by atoms with Gasteiger partial charge in [-0.2, -0.15) is 0 Å². The first-order valence-corrected chi connectivity index (χ1v) is 7.88. The molecule has 106 valence electrons. The first-order chi connectivity index (χ1) is 9.75. The highest BCUT2D eigenvalue weighted by Crippen LogP contribution is 2.35. The summed E-state index contributed by atoms with van der Waals surface area (Å²) in [6.45, 7) is 0.816. The summed E-state index contributed by atoms with van der Waals surface area (Å²) in [6, 6.07) is 3.71. The number of aromatic nitrogens is 1. The molecule has 1 fully saturated rings. The SMILES string of the molecule is O=[N+]([O-])c1c(NCC2CCCCC2)ccc2scnc12. The number of thiazole rings is 1. The Balaban J connectivity index is 1.82. The zero-order chi connectivity index (χ0) is 13.9. The van der Waals surface area contributed by atoms with Gasteiger partial charge in [-0.05, 0) is 30.9 Å². The number of nitrogens with one attached hydrogen (secondary N) is 1. The van der Waals surface area contributed by atoms with Crippen LogP contribution >= 0.6 is 11.3 Å². The average Bonchev–Trinajstić information content (AvgIpc) is 2.93. The van der Waals surface area contributed by atoms with Gasteiger partial charge in [0, 0.05) is 6.54 Å². The maximum absolute atomic E-state index is 11.3. The van der Waals surface area contributed by atoms with E-state index in [-0.39, 0.29) is 10.6 Å². The number of fused-ring (bicyclic) bond motifs is 1. The Labute approximate surface area is 121 Å². The van der Waals surface area contributed by atoms with E-state index in [4.69, 9.17) is 0 Å². The molecule has 3 rings (SSSR count). The van der Waals surface area contributed by atoms with Crippen LogP contribution in [-0.4, -0.2) is 16.5 Å². The highest BCUT2D eigenvalue weighted by molar-refractivity contribution is 7.16. The fourth-order valence-corrected chi connectivity index (χ4v) is 3.57. The van der Waals surface area contributed by atoms with Gasteiger partial charge in [-0.1, -0.05) is 19.3 Å². The van der Waals surface area contributed by atoms with Crippen molar-refractivity contribution in [1.82, 2.24) is 4.98 Å². The maximum Gasteiger partial charge on any atom is 0.319 e. The molecule has 20 heavy (non-hydrogen) atoms. The molecule has 1 heterocycles. The molecule has 6 heteroatoms. The van der Waals surface area contributed by atoms with Gasteiger partial charge in [0.15, 0.2) is 5.52 Å². The second kappa shape index (κ2) is 5.75. The Hall–Kier alpha value is -1.69. The van der Waals surface area contributed by atoms with Crippen LogP contribution in [0.2, 0.25) is 0 Å². The molecule has 0 radical (unpaired) electrons. The highest BCUT2D eigenvalue weighted by Gasteiger charge is 2.21. The van der Waals surface area contributed by atoms with Gasteiger partial charge >= 0.3 is 5.69 Å². The van der Waals surface area contributed by atoms with Crippen molar-refractivity contribution < 1.29 is 4.92 Å². The molecule has 0 aliphatic heterocycles. The molecule has 1 saturated carbocycles. The van der Waals surface area contributed by atoms with E-state index in [1.54, 1.807) is 5.51 Å². The predicted molar refractivity (Wildman–Crippen MR) is 81.3 cm³/mol. The van der Waals surface area contributed by atoms with Crippen LogP contribution in [0.25, 0.3) is 10.2 Å². The van der Waals surface area contributed by atoms with Gasteiger partial charge in [0.05, 0.1) is 15.1 Å². The minimum atomic E-state index is -0.328. The van der Waals surface area contributed by atoms with Crippen LogP contribution in [0.15, 0.2) is 17.6 Å². The van der Waals surface area contributed by atoms with E-state index in [2.05, 4.69) is 10.3 Å². The van der Waals surface area contributed by atoms with E-state index in [0.717, 1.165) is 11.2 Å². The van der Waals surface area contributed by atoms with Crippen LogP contribution in [0.1, 0.15) is 32.1 Å². The molecule has 0 saturated heterocycles. The van der Waals surface area contributed by atoms with Crippen LogP contribution in [0.3, 0.4) is 0 Å². The number of nitrogens with zero attached hydrogens (tertiary/aromatic N) is 2. The predicted octanol–water partition coefficient (Wildman–Crippen LogP) is 4.20. The summed E-state index contributed by atoms with van der Waals surface area (Å²) in [4.78, 5) is 15.1. The molecule has 0 unspecified atom stereocenters. The van der Waals surface area contributed by atoms with Crippen LogP contribution < -0.4 is 5.32 Å². The molecule has 2 aromatic rings. The number of nitro benzene ring substituents is 1. The standard InChI is InChI=1S/C14H17N3O2S/c18-17(19)14-11(6-7-12-13(14)16-9-20-12)15-8-10-4-2-1-3-5-10/h6-7,9-10,15H,1-5,8H2. The molecule has 0 amide bonds. The molecule has 0 bridgehead atoms.